The molecule has 0 saturated carbocycles. The van der Waals surface area contributed by atoms with Crippen LogP contribution in [0.3, 0.4) is 0 Å². The van der Waals surface area contributed by atoms with Crippen molar-refractivity contribution in [3.05, 3.63) is 68.8 Å². The van der Waals surface area contributed by atoms with Crippen LogP contribution >= 0.6 is 8.46 Å². The minimum atomic E-state index is -0.911. The van der Waals surface area contributed by atoms with Gasteiger partial charge in [-0.05, 0) is 63.8 Å². The van der Waals surface area contributed by atoms with Gasteiger partial charge in [-0.2, -0.15) is 0 Å². The van der Waals surface area contributed by atoms with Crippen LogP contribution in [0.25, 0.3) is 0 Å². The highest BCUT2D eigenvalue weighted by atomic mass is 31.1. The van der Waals surface area contributed by atoms with Crippen LogP contribution < -0.4 is 0 Å². The van der Waals surface area contributed by atoms with E-state index in [9.17, 15) is 14.2 Å². The molecule has 0 fully saturated rings. The molecule has 0 aliphatic heterocycles. The van der Waals surface area contributed by atoms with Gasteiger partial charge in [0.15, 0.2) is 17.7 Å². The van der Waals surface area contributed by atoms with Crippen molar-refractivity contribution in [1.29, 1.82) is 0 Å². The third-order valence-electron chi connectivity index (χ3n) is 4.77. The molecule has 0 aromatic heterocycles. The first-order valence-electron chi connectivity index (χ1n) is 8.76. The van der Waals surface area contributed by atoms with Crippen molar-refractivity contribution in [1.82, 2.24) is 0 Å². The van der Waals surface area contributed by atoms with Crippen LogP contribution in [0, 0.1) is 47.5 Å². The Morgan fingerprint density at radius 1 is 0.731 bits per heavy atom. The Balaban J connectivity index is 2.55. The molecule has 3 nitrogen and oxygen atoms in total. The Morgan fingerprint density at radius 3 is 1.31 bits per heavy atom. The van der Waals surface area contributed by atoms with E-state index in [1.807, 2.05) is 65.8 Å². The van der Waals surface area contributed by atoms with Gasteiger partial charge in [-0.15, -0.1) is 0 Å². The Bertz CT molecular complexity index is 781. The van der Waals surface area contributed by atoms with E-state index >= 15 is 0 Å². The minimum Gasteiger partial charge on any atom is -0.293 e. The molecule has 0 bridgehead atoms. The average molecular weight is 369 g/mol. The molecule has 0 heterocycles. The Hall–Kier alpha value is -2.12. The largest absolute Gasteiger partial charge is 0.326 e. The molecule has 2 aromatic carbocycles. The fourth-order valence-electron chi connectivity index (χ4n) is 3.87. The van der Waals surface area contributed by atoms with Gasteiger partial charge in [0.1, 0.15) is 5.92 Å². The van der Waals surface area contributed by atoms with Gasteiger partial charge in [0.05, 0.1) is 0 Å². The highest BCUT2D eigenvalue weighted by molar-refractivity contribution is 7.23. The standard InChI is InChI=1S/C22H25O3P/c1-12-7-14(3)19(15(4)8-12)21(23)18(11-26-25)22(24)20-16(5)9-13(2)10-17(20)6/h7-10,18H,11H2,1-6H3/p+1. The van der Waals surface area contributed by atoms with Crippen molar-refractivity contribution in [2.75, 3.05) is 6.16 Å². The lowest BCUT2D eigenvalue weighted by Crippen LogP contribution is -2.28. The lowest BCUT2D eigenvalue weighted by Gasteiger charge is -2.17. The van der Waals surface area contributed by atoms with E-state index in [0.29, 0.717) is 11.1 Å². The Morgan fingerprint density at radius 2 is 1.04 bits per heavy atom. The quantitative estimate of drug-likeness (QED) is 0.397. The summed E-state index contributed by atoms with van der Waals surface area (Å²) in [7, 11) is -0.696. The van der Waals surface area contributed by atoms with Crippen molar-refractivity contribution in [2.45, 2.75) is 41.5 Å². The molecule has 26 heavy (non-hydrogen) atoms. The number of carbonyl (C=O) groups is 2. The summed E-state index contributed by atoms with van der Waals surface area (Å²) in [5, 5.41) is 0. The predicted molar refractivity (Wildman–Crippen MR) is 107 cm³/mol. The maximum absolute atomic E-state index is 13.2. The smallest absolute Gasteiger partial charge is 0.293 e. The van der Waals surface area contributed by atoms with Gasteiger partial charge in [0.25, 0.3) is 0 Å². The summed E-state index contributed by atoms with van der Waals surface area (Å²) in [6.45, 7) is 11.5. The second-order valence-corrected chi connectivity index (χ2v) is 7.87. The zero-order chi connectivity index (χ0) is 19.6. The summed E-state index contributed by atoms with van der Waals surface area (Å²) in [5.41, 5.74) is 6.75. The van der Waals surface area contributed by atoms with Gasteiger partial charge in [-0.25, -0.2) is 0 Å². The van der Waals surface area contributed by atoms with Crippen molar-refractivity contribution < 1.29 is 14.2 Å². The topological polar surface area (TPSA) is 51.2 Å². The van der Waals surface area contributed by atoms with Crippen LogP contribution in [0.2, 0.25) is 0 Å². The zero-order valence-electron chi connectivity index (χ0n) is 16.3. The molecule has 0 saturated heterocycles. The molecular weight excluding hydrogens is 343 g/mol. The van der Waals surface area contributed by atoms with Crippen molar-refractivity contribution >= 4 is 20.0 Å². The van der Waals surface area contributed by atoms with Crippen LogP contribution in [-0.2, 0) is 4.57 Å². The third kappa shape index (κ3) is 3.99. The number of benzene rings is 2. The summed E-state index contributed by atoms with van der Waals surface area (Å²) in [5.74, 6) is -1.37. The summed E-state index contributed by atoms with van der Waals surface area (Å²) < 4.78 is 11.4. The Kier molecular flexibility index (Phi) is 6.26. The summed E-state index contributed by atoms with van der Waals surface area (Å²) in [6.07, 6.45) is 0.0528. The number of rotatable bonds is 6. The normalized spacial score (nSPS) is 11.2. The maximum Gasteiger partial charge on any atom is 0.326 e. The molecule has 0 amide bonds. The Labute approximate surface area is 157 Å². The number of Topliss-reactive ketones (excluding diaryl/α,β-unsaturated/α-hetero) is 2. The molecule has 0 spiro atoms. The van der Waals surface area contributed by atoms with E-state index in [-0.39, 0.29) is 17.7 Å². The van der Waals surface area contributed by atoms with Crippen LogP contribution in [0.4, 0.5) is 0 Å². The SMILES string of the molecule is Cc1cc(C)c(C(=O)C(C[PH+]=O)C(=O)c2c(C)cc(C)cc2C)c(C)c1. The van der Waals surface area contributed by atoms with Gasteiger partial charge < -0.3 is 0 Å². The molecule has 0 radical (unpaired) electrons. The first kappa shape index (κ1) is 20.2. The maximum atomic E-state index is 13.2. The molecule has 0 aliphatic rings. The van der Waals surface area contributed by atoms with E-state index in [0.717, 1.165) is 33.4 Å². The van der Waals surface area contributed by atoms with Gasteiger partial charge in [0.2, 0.25) is 0 Å². The first-order valence-corrected chi connectivity index (χ1v) is 9.88. The van der Waals surface area contributed by atoms with E-state index in [4.69, 9.17) is 0 Å². The highest BCUT2D eigenvalue weighted by Crippen LogP contribution is 2.27. The molecule has 1 unspecified atom stereocenters. The highest BCUT2D eigenvalue weighted by Gasteiger charge is 2.34. The minimum absolute atomic E-state index is 0.0528. The van der Waals surface area contributed by atoms with E-state index < -0.39 is 14.4 Å². The molecule has 4 heteroatoms. The van der Waals surface area contributed by atoms with Gasteiger partial charge in [-0.1, -0.05) is 40.0 Å². The van der Waals surface area contributed by atoms with Crippen molar-refractivity contribution in [3.8, 4) is 0 Å². The van der Waals surface area contributed by atoms with Crippen molar-refractivity contribution in [3.63, 3.8) is 0 Å². The van der Waals surface area contributed by atoms with Crippen LogP contribution in [0.15, 0.2) is 24.3 Å². The van der Waals surface area contributed by atoms with Crippen LogP contribution in [0.1, 0.15) is 54.1 Å². The van der Waals surface area contributed by atoms with Crippen LogP contribution in [0.5, 0.6) is 0 Å². The van der Waals surface area contributed by atoms with Gasteiger partial charge >= 0.3 is 8.46 Å². The third-order valence-corrected chi connectivity index (χ3v) is 5.34. The van der Waals surface area contributed by atoms with Gasteiger partial charge in [-0.3, -0.25) is 9.59 Å². The lowest BCUT2D eigenvalue weighted by atomic mass is 9.84. The molecule has 0 N–H and O–H groups in total. The molecule has 0 aliphatic carbocycles. The number of carbonyl (C=O) groups excluding carboxylic acids is 2. The molecule has 2 rings (SSSR count). The molecule has 136 valence electrons. The average Bonchev–Trinajstić information content (AvgIpc) is 2.50. The lowest BCUT2D eigenvalue weighted by molar-refractivity contribution is 0.0822. The molecular formula is C22H26O3P+. The second kappa shape index (κ2) is 8.05. The molecule has 2 aromatic rings. The van der Waals surface area contributed by atoms with E-state index in [1.54, 1.807) is 0 Å². The van der Waals surface area contributed by atoms with Crippen LogP contribution in [-0.4, -0.2) is 17.7 Å². The zero-order valence-corrected chi connectivity index (χ0v) is 17.3. The summed E-state index contributed by atoms with van der Waals surface area (Å²) in [6, 6.07) is 7.79. The predicted octanol–water partition coefficient (Wildman–Crippen LogP) is 5.24. The molecule has 1 atom stereocenters. The van der Waals surface area contributed by atoms with E-state index in [1.165, 1.54) is 0 Å². The fraction of sp³-hybridized carbons (Fsp3) is 0.364. The van der Waals surface area contributed by atoms with Crippen molar-refractivity contribution in [2.24, 2.45) is 5.92 Å². The van der Waals surface area contributed by atoms with Gasteiger partial charge in [0, 0.05) is 11.1 Å². The fourth-order valence-corrected chi connectivity index (χ4v) is 4.41. The second-order valence-electron chi connectivity index (χ2n) is 7.18. The number of ketones is 2. The summed E-state index contributed by atoms with van der Waals surface area (Å²) in [4.78, 5) is 26.5. The number of aryl methyl sites for hydroxylation is 6. The summed E-state index contributed by atoms with van der Waals surface area (Å²) >= 11 is 0. The monoisotopic (exact) mass is 369 g/mol. The first-order chi connectivity index (χ1) is 12.2. The number of hydrogen-bond acceptors (Lipinski definition) is 3. The number of hydrogen-bond donors (Lipinski definition) is 0. The van der Waals surface area contributed by atoms with E-state index in [2.05, 4.69) is 0 Å².